The number of halogens is 2. The fourth-order valence-electron chi connectivity index (χ4n) is 4.00. The summed E-state index contributed by atoms with van der Waals surface area (Å²) in [4.78, 5) is 34.6. The molecule has 2 heterocycles. The van der Waals surface area contributed by atoms with E-state index in [0.717, 1.165) is 29.7 Å². The SMILES string of the molecule is CCc1ncnc(-c2cccnc2Oc2ccc(F)c(C(=O)Nc3cc(Br)ccc3N(C)CCCN(C)C)c2)n1. The number of amides is 1. The first-order valence-corrected chi connectivity index (χ1v) is 13.6. The molecule has 0 saturated carbocycles. The number of nitrogens with zero attached hydrogens (tertiary/aromatic N) is 6. The Labute approximate surface area is 241 Å². The highest BCUT2D eigenvalue weighted by Gasteiger charge is 2.18. The minimum Gasteiger partial charge on any atom is -0.438 e. The van der Waals surface area contributed by atoms with Gasteiger partial charge in [0.2, 0.25) is 5.88 Å². The second-order valence-corrected chi connectivity index (χ2v) is 10.3. The van der Waals surface area contributed by atoms with Gasteiger partial charge in [-0.05, 0) is 75.6 Å². The number of benzene rings is 2. The average molecular weight is 609 g/mol. The lowest BCUT2D eigenvalue weighted by Crippen LogP contribution is -2.25. The second kappa shape index (κ2) is 13.4. The molecule has 208 valence electrons. The minimum atomic E-state index is -0.674. The highest BCUT2D eigenvalue weighted by Crippen LogP contribution is 2.32. The summed E-state index contributed by atoms with van der Waals surface area (Å²) in [5, 5.41) is 2.87. The number of anilines is 2. The summed E-state index contributed by atoms with van der Waals surface area (Å²) in [6.45, 7) is 3.67. The van der Waals surface area contributed by atoms with Gasteiger partial charge in [0.15, 0.2) is 5.82 Å². The number of carbonyl (C=O) groups excluding carboxylic acids is 1. The predicted octanol–water partition coefficient (Wildman–Crippen LogP) is 5.83. The summed E-state index contributed by atoms with van der Waals surface area (Å²) in [5.41, 5.74) is 1.77. The Morgan fingerprint density at radius 1 is 1.05 bits per heavy atom. The van der Waals surface area contributed by atoms with E-state index in [1.165, 1.54) is 24.5 Å². The van der Waals surface area contributed by atoms with E-state index in [-0.39, 0.29) is 17.2 Å². The lowest BCUT2D eigenvalue weighted by Gasteiger charge is -2.24. The molecular formula is C29H31BrFN7O2. The Hall–Kier alpha value is -3.96. The first kappa shape index (κ1) is 29.0. The molecule has 4 rings (SSSR count). The van der Waals surface area contributed by atoms with Crippen LogP contribution in [0.15, 0.2) is 65.5 Å². The summed E-state index contributed by atoms with van der Waals surface area (Å²) < 4.78 is 21.7. The molecule has 0 aliphatic carbocycles. The Kier molecular flexibility index (Phi) is 9.73. The fraction of sp³-hybridized carbons (Fsp3) is 0.276. The average Bonchev–Trinajstić information content (AvgIpc) is 2.94. The van der Waals surface area contributed by atoms with Crippen molar-refractivity contribution in [2.45, 2.75) is 19.8 Å². The van der Waals surface area contributed by atoms with Crippen molar-refractivity contribution in [1.29, 1.82) is 0 Å². The first-order chi connectivity index (χ1) is 19.2. The van der Waals surface area contributed by atoms with Gasteiger partial charge in [-0.2, -0.15) is 0 Å². The summed E-state index contributed by atoms with van der Waals surface area (Å²) >= 11 is 3.47. The number of ether oxygens (including phenoxy) is 1. The zero-order chi connectivity index (χ0) is 28.6. The molecule has 0 bridgehead atoms. The van der Waals surface area contributed by atoms with Crippen molar-refractivity contribution in [2.24, 2.45) is 0 Å². The van der Waals surface area contributed by atoms with E-state index in [0.29, 0.717) is 29.3 Å². The number of hydrogen-bond acceptors (Lipinski definition) is 8. The maximum Gasteiger partial charge on any atom is 0.258 e. The smallest absolute Gasteiger partial charge is 0.258 e. The molecule has 1 amide bonds. The Balaban J connectivity index is 1.57. The number of rotatable bonds is 11. The van der Waals surface area contributed by atoms with E-state index in [4.69, 9.17) is 4.74 Å². The standard InChI is InChI=1S/C29H31BrFN7O2/c1-5-26-33-18-34-27(36-26)21-8-6-13-32-29(21)40-20-10-11-23(31)22(17-20)28(39)35-24-16-19(30)9-12-25(24)38(4)15-7-14-37(2)3/h6,8-13,16-18H,5,7,14-15H2,1-4H3,(H,35,39). The molecule has 4 aromatic rings. The molecule has 0 saturated heterocycles. The maximum absolute atomic E-state index is 14.9. The molecule has 40 heavy (non-hydrogen) atoms. The third-order valence-electron chi connectivity index (χ3n) is 6.06. The number of aryl methyl sites for hydroxylation is 1. The number of pyridine rings is 1. The molecule has 0 radical (unpaired) electrons. The van der Waals surface area contributed by atoms with E-state index >= 15 is 0 Å². The molecule has 0 fully saturated rings. The van der Waals surface area contributed by atoms with Crippen LogP contribution in [0.3, 0.4) is 0 Å². The van der Waals surface area contributed by atoms with Crippen molar-refractivity contribution in [1.82, 2.24) is 24.8 Å². The number of carbonyl (C=O) groups is 1. The van der Waals surface area contributed by atoms with Gasteiger partial charge in [0.25, 0.3) is 5.91 Å². The van der Waals surface area contributed by atoms with Gasteiger partial charge in [-0.1, -0.05) is 22.9 Å². The van der Waals surface area contributed by atoms with Gasteiger partial charge in [0, 0.05) is 30.7 Å². The lowest BCUT2D eigenvalue weighted by molar-refractivity contribution is 0.102. The molecule has 0 spiro atoms. The van der Waals surface area contributed by atoms with Crippen molar-refractivity contribution < 1.29 is 13.9 Å². The molecular weight excluding hydrogens is 577 g/mol. The second-order valence-electron chi connectivity index (χ2n) is 9.37. The van der Waals surface area contributed by atoms with Crippen LogP contribution in [0.5, 0.6) is 11.6 Å². The summed E-state index contributed by atoms with van der Waals surface area (Å²) in [6, 6.07) is 13.1. The molecule has 1 N–H and O–H groups in total. The van der Waals surface area contributed by atoms with Crippen molar-refractivity contribution >= 4 is 33.2 Å². The molecule has 11 heteroatoms. The van der Waals surface area contributed by atoms with Crippen LogP contribution in [0.2, 0.25) is 0 Å². The van der Waals surface area contributed by atoms with E-state index in [1.54, 1.807) is 24.4 Å². The van der Waals surface area contributed by atoms with Crippen LogP contribution in [0.25, 0.3) is 11.4 Å². The van der Waals surface area contributed by atoms with E-state index in [1.807, 2.05) is 40.2 Å². The normalized spacial score (nSPS) is 11.0. The van der Waals surface area contributed by atoms with Crippen molar-refractivity contribution in [3.63, 3.8) is 0 Å². The van der Waals surface area contributed by atoms with Crippen LogP contribution in [-0.2, 0) is 6.42 Å². The molecule has 0 unspecified atom stereocenters. The molecule has 0 aliphatic heterocycles. The largest absolute Gasteiger partial charge is 0.438 e. The monoisotopic (exact) mass is 607 g/mol. The fourth-order valence-corrected chi connectivity index (χ4v) is 4.36. The van der Waals surface area contributed by atoms with Gasteiger partial charge in [-0.25, -0.2) is 24.3 Å². The van der Waals surface area contributed by atoms with Gasteiger partial charge in [0.1, 0.15) is 23.7 Å². The molecule has 0 aliphatic rings. The Morgan fingerprint density at radius 3 is 2.65 bits per heavy atom. The van der Waals surface area contributed by atoms with Gasteiger partial charge in [0.05, 0.1) is 22.5 Å². The topological polar surface area (TPSA) is 96.4 Å². The zero-order valence-corrected chi connectivity index (χ0v) is 24.4. The van der Waals surface area contributed by atoms with Crippen molar-refractivity contribution in [3.05, 3.63) is 82.7 Å². The maximum atomic E-state index is 14.9. The Morgan fingerprint density at radius 2 is 1.88 bits per heavy atom. The van der Waals surface area contributed by atoms with Crippen molar-refractivity contribution in [3.8, 4) is 23.0 Å². The van der Waals surface area contributed by atoms with Crippen LogP contribution in [0, 0.1) is 5.82 Å². The summed E-state index contributed by atoms with van der Waals surface area (Å²) in [6.07, 6.45) is 4.60. The van der Waals surface area contributed by atoms with Crippen LogP contribution < -0.4 is 15.0 Å². The van der Waals surface area contributed by atoms with Crippen LogP contribution >= 0.6 is 15.9 Å². The highest BCUT2D eigenvalue weighted by molar-refractivity contribution is 9.10. The predicted molar refractivity (Wildman–Crippen MR) is 157 cm³/mol. The van der Waals surface area contributed by atoms with Gasteiger partial charge in [-0.15, -0.1) is 0 Å². The van der Waals surface area contributed by atoms with Gasteiger partial charge >= 0.3 is 0 Å². The highest BCUT2D eigenvalue weighted by atomic mass is 79.9. The minimum absolute atomic E-state index is 0.162. The first-order valence-electron chi connectivity index (χ1n) is 12.8. The van der Waals surface area contributed by atoms with E-state index in [9.17, 15) is 9.18 Å². The summed E-state index contributed by atoms with van der Waals surface area (Å²) in [7, 11) is 6.02. The molecule has 0 atom stereocenters. The van der Waals surface area contributed by atoms with Crippen molar-refractivity contribution in [2.75, 3.05) is 44.4 Å². The Bertz CT molecular complexity index is 1480. The number of aromatic nitrogens is 4. The number of nitrogens with one attached hydrogen (secondary N) is 1. The zero-order valence-electron chi connectivity index (χ0n) is 22.9. The van der Waals surface area contributed by atoms with Gasteiger partial charge < -0.3 is 19.9 Å². The van der Waals surface area contributed by atoms with Crippen LogP contribution in [0.1, 0.15) is 29.5 Å². The van der Waals surface area contributed by atoms with Crippen LogP contribution in [-0.4, -0.2) is 65.0 Å². The van der Waals surface area contributed by atoms with E-state index in [2.05, 4.69) is 51.0 Å². The molecule has 2 aromatic carbocycles. The summed E-state index contributed by atoms with van der Waals surface area (Å²) in [5.74, 6) is 0.235. The van der Waals surface area contributed by atoms with Crippen LogP contribution in [0.4, 0.5) is 15.8 Å². The quantitative estimate of drug-likeness (QED) is 0.227. The third kappa shape index (κ3) is 7.36. The number of hydrogen-bond donors (Lipinski definition) is 1. The molecule has 9 nitrogen and oxygen atoms in total. The third-order valence-corrected chi connectivity index (χ3v) is 6.56. The van der Waals surface area contributed by atoms with E-state index < -0.39 is 11.7 Å². The van der Waals surface area contributed by atoms with Gasteiger partial charge in [-0.3, -0.25) is 4.79 Å². The lowest BCUT2D eigenvalue weighted by atomic mass is 10.1. The molecule has 2 aromatic heterocycles.